The van der Waals surface area contributed by atoms with Crippen LogP contribution in [0.15, 0.2) is 24.3 Å². The van der Waals surface area contributed by atoms with Crippen molar-refractivity contribution in [2.75, 3.05) is 38.2 Å². The molecule has 2 rings (SSSR count). The number of nitrogens with two attached hydrogens (primary N) is 1. The van der Waals surface area contributed by atoms with E-state index in [-0.39, 0.29) is 36.5 Å². The molecule has 1 saturated heterocycles. The molecule has 1 fully saturated rings. The summed E-state index contributed by atoms with van der Waals surface area (Å²) in [6.45, 7) is 4.74. The molecule has 2 unspecified atom stereocenters. The van der Waals surface area contributed by atoms with E-state index in [1.165, 1.54) is 0 Å². The van der Waals surface area contributed by atoms with Gasteiger partial charge >= 0.3 is 0 Å². The van der Waals surface area contributed by atoms with Gasteiger partial charge in [-0.1, -0.05) is 29.8 Å². The highest BCUT2D eigenvalue weighted by molar-refractivity contribution is 7.90. The lowest BCUT2D eigenvalue weighted by Crippen LogP contribution is -2.53. The molecular weight excluding hydrogens is 397 g/mol. The van der Waals surface area contributed by atoms with Gasteiger partial charge in [-0.25, -0.2) is 8.42 Å². The Labute approximate surface area is 167 Å². The van der Waals surface area contributed by atoms with Gasteiger partial charge < -0.3 is 10.6 Å². The molecule has 2 atom stereocenters. The van der Waals surface area contributed by atoms with Crippen molar-refractivity contribution in [2.45, 2.75) is 25.4 Å². The lowest BCUT2D eigenvalue weighted by atomic mass is 10.1. The maximum absolute atomic E-state index is 12.4. The Morgan fingerprint density at radius 1 is 1.23 bits per heavy atom. The van der Waals surface area contributed by atoms with Crippen LogP contribution < -0.4 is 5.73 Å². The molecular formula is C17H27Cl2N3O3S. The molecule has 0 bridgehead atoms. The Kier molecular flexibility index (Phi) is 8.82. The molecule has 1 aliphatic heterocycles. The smallest absolute Gasteiger partial charge is 0.239 e. The summed E-state index contributed by atoms with van der Waals surface area (Å²) < 4.78 is 22.4. The number of sulfone groups is 1. The van der Waals surface area contributed by atoms with Crippen LogP contribution in [-0.2, 0) is 14.6 Å². The Morgan fingerprint density at radius 3 is 2.35 bits per heavy atom. The van der Waals surface area contributed by atoms with E-state index in [0.717, 1.165) is 29.9 Å². The van der Waals surface area contributed by atoms with Gasteiger partial charge in [0.25, 0.3) is 0 Å². The van der Waals surface area contributed by atoms with Gasteiger partial charge in [-0.3, -0.25) is 9.69 Å². The van der Waals surface area contributed by atoms with Gasteiger partial charge in [0.05, 0.1) is 11.8 Å². The van der Waals surface area contributed by atoms with Crippen LogP contribution in [0, 0.1) is 0 Å². The summed E-state index contributed by atoms with van der Waals surface area (Å²) in [5, 5.41) is 0.747. The molecule has 0 saturated carbocycles. The van der Waals surface area contributed by atoms with E-state index in [1.807, 2.05) is 24.3 Å². The third-order valence-electron chi connectivity index (χ3n) is 4.65. The molecule has 2 N–H and O–H groups in total. The minimum absolute atomic E-state index is 0. The maximum atomic E-state index is 12.4. The minimum Gasteiger partial charge on any atom is -0.339 e. The fourth-order valence-corrected chi connectivity index (χ4v) is 4.01. The first-order valence-corrected chi connectivity index (χ1v) is 10.8. The Hall–Kier alpha value is -0.860. The number of halogens is 2. The van der Waals surface area contributed by atoms with Gasteiger partial charge in [-0.05, 0) is 25.0 Å². The van der Waals surface area contributed by atoms with Crippen molar-refractivity contribution in [2.24, 2.45) is 5.73 Å². The van der Waals surface area contributed by atoms with Crippen molar-refractivity contribution in [1.29, 1.82) is 0 Å². The van der Waals surface area contributed by atoms with Crippen LogP contribution in [0.2, 0.25) is 5.02 Å². The first-order valence-electron chi connectivity index (χ1n) is 8.39. The SMILES string of the molecule is CC(c1ccccc1Cl)N1CCN(C(=O)C(N)CCS(C)(=O)=O)CC1.Cl. The summed E-state index contributed by atoms with van der Waals surface area (Å²) >= 11 is 6.27. The monoisotopic (exact) mass is 423 g/mol. The first kappa shape index (κ1) is 23.2. The second-order valence-electron chi connectivity index (χ2n) is 6.58. The van der Waals surface area contributed by atoms with Crippen molar-refractivity contribution in [1.82, 2.24) is 9.80 Å². The van der Waals surface area contributed by atoms with Crippen molar-refractivity contribution in [3.63, 3.8) is 0 Å². The largest absolute Gasteiger partial charge is 0.339 e. The number of rotatable bonds is 6. The van der Waals surface area contributed by atoms with Crippen molar-refractivity contribution < 1.29 is 13.2 Å². The fourth-order valence-electron chi connectivity index (χ4n) is 3.04. The molecule has 0 aromatic heterocycles. The average Bonchev–Trinajstić information content (AvgIpc) is 2.58. The molecule has 6 nitrogen and oxygen atoms in total. The van der Waals surface area contributed by atoms with Gasteiger partial charge in [-0.2, -0.15) is 0 Å². The number of carbonyl (C=O) groups excluding carboxylic acids is 1. The average molecular weight is 424 g/mol. The van der Waals surface area contributed by atoms with Crippen LogP contribution in [0.3, 0.4) is 0 Å². The predicted molar refractivity (Wildman–Crippen MR) is 108 cm³/mol. The lowest BCUT2D eigenvalue weighted by molar-refractivity contribution is -0.134. The van der Waals surface area contributed by atoms with Crippen LogP contribution >= 0.6 is 24.0 Å². The van der Waals surface area contributed by atoms with Crippen LogP contribution in [0.4, 0.5) is 0 Å². The summed E-state index contributed by atoms with van der Waals surface area (Å²) in [5.74, 6) is -0.239. The number of hydrogen-bond donors (Lipinski definition) is 1. The van der Waals surface area contributed by atoms with Crippen molar-refractivity contribution in [3.8, 4) is 0 Å². The van der Waals surface area contributed by atoms with Gasteiger partial charge in [-0.15, -0.1) is 12.4 Å². The molecule has 148 valence electrons. The molecule has 1 aliphatic rings. The molecule has 0 radical (unpaired) electrons. The minimum atomic E-state index is -3.11. The summed E-state index contributed by atoms with van der Waals surface area (Å²) in [5.41, 5.74) is 6.95. The molecule has 0 spiro atoms. The first-order chi connectivity index (χ1) is 11.7. The van der Waals surface area contributed by atoms with Gasteiger partial charge in [0.15, 0.2) is 0 Å². The Bertz CT molecular complexity index is 707. The standard InChI is InChI=1S/C17H26ClN3O3S.ClH/c1-13(14-5-3-4-6-15(14)18)20-8-10-21(11-9-20)17(22)16(19)7-12-25(2,23)24;/h3-6,13,16H,7-12,19H2,1-2H3;1H. The highest BCUT2D eigenvalue weighted by Crippen LogP contribution is 2.27. The quantitative estimate of drug-likeness (QED) is 0.752. The zero-order valence-electron chi connectivity index (χ0n) is 15.1. The number of carbonyl (C=O) groups is 1. The van der Waals surface area contributed by atoms with E-state index < -0.39 is 15.9 Å². The summed E-state index contributed by atoms with van der Waals surface area (Å²) in [6.07, 6.45) is 1.31. The summed E-state index contributed by atoms with van der Waals surface area (Å²) in [4.78, 5) is 16.4. The topological polar surface area (TPSA) is 83.7 Å². The third kappa shape index (κ3) is 6.39. The molecule has 1 amide bonds. The normalized spacial score (nSPS) is 18.1. The van der Waals surface area contributed by atoms with E-state index in [4.69, 9.17) is 17.3 Å². The van der Waals surface area contributed by atoms with E-state index in [1.54, 1.807) is 4.90 Å². The molecule has 1 heterocycles. The van der Waals surface area contributed by atoms with Gasteiger partial charge in [0.1, 0.15) is 9.84 Å². The van der Waals surface area contributed by atoms with Crippen molar-refractivity contribution in [3.05, 3.63) is 34.9 Å². The van der Waals surface area contributed by atoms with Gasteiger partial charge in [0.2, 0.25) is 5.91 Å². The predicted octanol–water partition coefficient (Wildman–Crippen LogP) is 1.73. The second kappa shape index (κ2) is 9.90. The molecule has 9 heteroatoms. The maximum Gasteiger partial charge on any atom is 0.239 e. The fraction of sp³-hybridized carbons (Fsp3) is 0.588. The zero-order chi connectivity index (χ0) is 18.6. The summed E-state index contributed by atoms with van der Waals surface area (Å²) in [7, 11) is -3.11. The number of piperazine rings is 1. The van der Waals surface area contributed by atoms with E-state index in [2.05, 4.69) is 11.8 Å². The molecule has 1 aromatic rings. The Balaban J connectivity index is 0.00000338. The number of amides is 1. The van der Waals surface area contributed by atoms with Crippen molar-refractivity contribution >= 4 is 39.8 Å². The second-order valence-corrected chi connectivity index (χ2v) is 9.25. The third-order valence-corrected chi connectivity index (χ3v) is 5.97. The highest BCUT2D eigenvalue weighted by Gasteiger charge is 2.28. The van der Waals surface area contributed by atoms with Crippen LogP contribution in [0.5, 0.6) is 0 Å². The number of nitrogens with zero attached hydrogens (tertiary/aromatic N) is 2. The molecule has 26 heavy (non-hydrogen) atoms. The molecule has 0 aliphatic carbocycles. The van der Waals surface area contributed by atoms with Crippen LogP contribution in [0.1, 0.15) is 24.9 Å². The van der Waals surface area contributed by atoms with Gasteiger partial charge in [0, 0.05) is 43.5 Å². The zero-order valence-corrected chi connectivity index (χ0v) is 17.5. The summed E-state index contributed by atoms with van der Waals surface area (Å²) in [6, 6.07) is 7.19. The van der Waals surface area contributed by atoms with Crippen LogP contribution in [-0.4, -0.2) is 68.4 Å². The van der Waals surface area contributed by atoms with E-state index >= 15 is 0 Å². The lowest BCUT2D eigenvalue weighted by Gasteiger charge is -2.39. The van der Waals surface area contributed by atoms with E-state index in [0.29, 0.717) is 13.1 Å². The number of hydrogen-bond acceptors (Lipinski definition) is 5. The molecule has 1 aromatic carbocycles. The highest BCUT2D eigenvalue weighted by atomic mass is 35.5. The van der Waals surface area contributed by atoms with E-state index in [9.17, 15) is 13.2 Å². The van der Waals surface area contributed by atoms with Crippen LogP contribution in [0.25, 0.3) is 0 Å². The number of benzene rings is 1. The Morgan fingerprint density at radius 2 is 1.81 bits per heavy atom.